The van der Waals surface area contributed by atoms with Crippen LogP contribution in [-0.4, -0.2) is 54.7 Å². The van der Waals surface area contributed by atoms with Crippen LogP contribution in [0, 0.1) is 5.92 Å². The summed E-state index contributed by atoms with van der Waals surface area (Å²) in [4.78, 5) is 24.1. The lowest BCUT2D eigenvalue weighted by Gasteiger charge is -2.32. The van der Waals surface area contributed by atoms with Crippen molar-refractivity contribution in [3.63, 3.8) is 0 Å². The minimum Gasteiger partial charge on any atom is -0.377 e. The van der Waals surface area contributed by atoms with E-state index >= 15 is 0 Å². The van der Waals surface area contributed by atoms with Crippen LogP contribution in [0.4, 0.5) is 0 Å². The van der Waals surface area contributed by atoms with Crippen LogP contribution in [-0.2, 0) is 11.2 Å². The third kappa shape index (κ3) is 4.64. The standard InChI is InChI=1S/C22H24ClN7O2S/c1-13(2)7-21-28-16-10-24-20(30-25-5-6-26-30)9-17(16)29(21)15-8-14(11-32-12-15)27-22(31)18-3-4-19(23)33-18/h3-6,9-10,13-15H,7-8,11-12H2,1-2H3,(H,27,31)/t14-,15+/m1/s1. The number of nitrogens with one attached hydrogen (secondary N) is 1. The first-order chi connectivity index (χ1) is 16.0. The molecule has 4 aromatic rings. The maximum absolute atomic E-state index is 12.7. The zero-order valence-electron chi connectivity index (χ0n) is 18.3. The van der Waals surface area contributed by atoms with Gasteiger partial charge in [0.2, 0.25) is 0 Å². The predicted octanol–water partition coefficient (Wildman–Crippen LogP) is 3.69. The molecule has 0 spiro atoms. The number of hydrogen-bond acceptors (Lipinski definition) is 7. The summed E-state index contributed by atoms with van der Waals surface area (Å²) in [5.74, 6) is 1.92. The second kappa shape index (κ2) is 9.20. The molecule has 1 saturated heterocycles. The molecule has 172 valence electrons. The predicted molar refractivity (Wildman–Crippen MR) is 126 cm³/mol. The number of carbonyl (C=O) groups excluding carboxylic acids is 1. The minimum absolute atomic E-state index is 0.0237. The van der Waals surface area contributed by atoms with Gasteiger partial charge in [-0.1, -0.05) is 25.4 Å². The zero-order chi connectivity index (χ0) is 22.9. The number of imidazole rings is 1. The van der Waals surface area contributed by atoms with Crippen molar-refractivity contribution in [1.29, 1.82) is 0 Å². The van der Waals surface area contributed by atoms with E-state index in [-0.39, 0.29) is 18.0 Å². The molecule has 2 atom stereocenters. The van der Waals surface area contributed by atoms with E-state index in [1.807, 2.05) is 6.07 Å². The average molecular weight is 486 g/mol. The van der Waals surface area contributed by atoms with Crippen LogP contribution < -0.4 is 5.32 Å². The number of carbonyl (C=O) groups is 1. The summed E-state index contributed by atoms with van der Waals surface area (Å²) in [6.45, 7) is 5.37. The van der Waals surface area contributed by atoms with Crippen molar-refractivity contribution in [1.82, 2.24) is 34.8 Å². The molecular weight excluding hydrogens is 462 g/mol. The molecule has 0 saturated carbocycles. The summed E-state index contributed by atoms with van der Waals surface area (Å²) >= 11 is 7.26. The Morgan fingerprint density at radius 2 is 2.12 bits per heavy atom. The molecule has 1 fully saturated rings. The number of thiophene rings is 1. The van der Waals surface area contributed by atoms with Gasteiger partial charge in [-0.05, 0) is 24.5 Å². The third-order valence-corrected chi connectivity index (χ3v) is 6.76. The van der Waals surface area contributed by atoms with Gasteiger partial charge >= 0.3 is 0 Å². The molecule has 5 rings (SSSR count). The Bertz CT molecular complexity index is 1270. The first-order valence-corrected chi connectivity index (χ1v) is 12.0. The van der Waals surface area contributed by atoms with Gasteiger partial charge in [0.25, 0.3) is 5.91 Å². The molecule has 1 aliphatic rings. The van der Waals surface area contributed by atoms with Crippen LogP contribution in [0.1, 0.15) is 41.8 Å². The van der Waals surface area contributed by atoms with Crippen molar-refractivity contribution in [2.45, 2.75) is 38.8 Å². The van der Waals surface area contributed by atoms with E-state index in [4.69, 9.17) is 21.3 Å². The molecule has 5 heterocycles. The van der Waals surface area contributed by atoms with E-state index in [0.29, 0.717) is 34.2 Å². The summed E-state index contributed by atoms with van der Waals surface area (Å²) in [6.07, 6.45) is 6.56. The summed E-state index contributed by atoms with van der Waals surface area (Å²) in [5, 5.41) is 11.5. The molecule has 0 unspecified atom stereocenters. The Hall–Kier alpha value is -2.82. The molecule has 1 N–H and O–H groups in total. The molecule has 0 bridgehead atoms. The SMILES string of the molecule is CC(C)Cc1nc2cnc(-n3nccn3)cc2n1[C@@H]1COC[C@H](NC(=O)c2ccc(Cl)s2)C1. The Kier molecular flexibility index (Phi) is 6.13. The summed E-state index contributed by atoms with van der Waals surface area (Å²) in [6, 6.07) is 5.34. The summed E-state index contributed by atoms with van der Waals surface area (Å²) < 4.78 is 8.78. The lowest BCUT2D eigenvalue weighted by molar-refractivity contribution is 0.0339. The minimum atomic E-state index is -0.129. The second-order valence-electron chi connectivity index (χ2n) is 8.55. The van der Waals surface area contributed by atoms with Gasteiger partial charge in [0.05, 0.1) is 58.6 Å². The molecular formula is C22H24ClN7O2S. The maximum Gasteiger partial charge on any atom is 0.261 e. The van der Waals surface area contributed by atoms with Crippen molar-refractivity contribution in [2.75, 3.05) is 13.2 Å². The fourth-order valence-corrected chi connectivity index (χ4v) is 5.13. The van der Waals surface area contributed by atoms with Crippen LogP contribution >= 0.6 is 22.9 Å². The topological polar surface area (TPSA) is 99.8 Å². The molecule has 1 amide bonds. The molecule has 9 nitrogen and oxygen atoms in total. The Labute approximate surface area is 199 Å². The number of ether oxygens (including phenoxy) is 1. The van der Waals surface area contributed by atoms with E-state index in [1.54, 1.807) is 30.7 Å². The largest absolute Gasteiger partial charge is 0.377 e. The number of nitrogens with zero attached hydrogens (tertiary/aromatic N) is 6. The van der Waals surface area contributed by atoms with Crippen molar-refractivity contribution in [2.24, 2.45) is 5.92 Å². The average Bonchev–Trinajstić information content (AvgIpc) is 3.52. The highest BCUT2D eigenvalue weighted by atomic mass is 35.5. The van der Waals surface area contributed by atoms with Gasteiger partial charge in [-0.25, -0.2) is 9.97 Å². The Morgan fingerprint density at radius 1 is 1.30 bits per heavy atom. The van der Waals surface area contributed by atoms with Crippen molar-refractivity contribution in [3.8, 4) is 5.82 Å². The Balaban J connectivity index is 1.46. The quantitative estimate of drug-likeness (QED) is 0.447. The van der Waals surface area contributed by atoms with Gasteiger partial charge in [0.1, 0.15) is 11.3 Å². The number of fused-ring (bicyclic) bond motifs is 1. The molecule has 0 radical (unpaired) electrons. The van der Waals surface area contributed by atoms with Gasteiger partial charge in [-0.15, -0.1) is 16.1 Å². The molecule has 33 heavy (non-hydrogen) atoms. The van der Waals surface area contributed by atoms with Crippen LogP contribution in [0.3, 0.4) is 0 Å². The van der Waals surface area contributed by atoms with Gasteiger partial charge in [0.15, 0.2) is 5.82 Å². The second-order valence-corrected chi connectivity index (χ2v) is 10.3. The van der Waals surface area contributed by atoms with E-state index in [0.717, 1.165) is 29.7 Å². The van der Waals surface area contributed by atoms with Crippen LogP contribution in [0.2, 0.25) is 4.34 Å². The highest BCUT2D eigenvalue weighted by Crippen LogP contribution is 2.29. The van der Waals surface area contributed by atoms with Gasteiger partial charge < -0.3 is 14.6 Å². The maximum atomic E-state index is 12.7. The lowest BCUT2D eigenvalue weighted by atomic mass is 10.0. The van der Waals surface area contributed by atoms with E-state index in [1.165, 1.54) is 16.1 Å². The number of aromatic nitrogens is 6. The third-order valence-electron chi connectivity index (χ3n) is 5.53. The lowest BCUT2D eigenvalue weighted by Crippen LogP contribution is -2.44. The first kappa shape index (κ1) is 22.0. The van der Waals surface area contributed by atoms with E-state index in [9.17, 15) is 4.79 Å². The molecule has 11 heteroatoms. The van der Waals surface area contributed by atoms with E-state index < -0.39 is 0 Å². The number of pyridine rings is 1. The summed E-state index contributed by atoms with van der Waals surface area (Å²) in [7, 11) is 0. The fraction of sp³-hybridized carbons (Fsp3) is 0.409. The van der Waals surface area contributed by atoms with Gasteiger partial charge in [0, 0.05) is 12.5 Å². The van der Waals surface area contributed by atoms with Gasteiger partial charge in [-0.2, -0.15) is 10.2 Å². The monoisotopic (exact) mass is 485 g/mol. The number of hydrogen-bond donors (Lipinski definition) is 1. The molecule has 0 aliphatic carbocycles. The fourth-order valence-electron chi connectivity index (χ4n) is 4.18. The highest BCUT2D eigenvalue weighted by Gasteiger charge is 2.29. The molecule has 0 aromatic carbocycles. The number of amides is 1. The van der Waals surface area contributed by atoms with Crippen molar-refractivity contribution >= 4 is 39.9 Å². The highest BCUT2D eigenvalue weighted by molar-refractivity contribution is 7.18. The zero-order valence-corrected chi connectivity index (χ0v) is 19.9. The van der Waals surface area contributed by atoms with Gasteiger partial charge in [-0.3, -0.25) is 4.79 Å². The first-order valence-electron chi connectivity index (χ1n) is 10.9. The van der Waals surface area contributed by atoms with Crippen LogP contribution in [0.25, 0.3) is 16.9 Å². The van der Waals surface area contributed by atoms with Crippen molar-refractivity contribution in [3.05, 3.63) is 51.8 Å². The Morgan fingerprint density at radius 3 is 2.85 bits per heavy atom. The number of rotatable bonds is 6. The molecule has 4 aromatic heterocycles. The molecule has 1 aliphatic heterocycles. The smallest absolute Gasteiger partial charge is 0.261 e. The van der Waals surface area contributed by atoms with E-state index in [2.05, 4.69) is 38.9 Å². The summed E-state index contributed by atoms with van der Waals surface area (Å²) in [5.41, 5.74) is 1.78. The van der Waals surface area contributed by atoms with Crippen LogP contribution in [0.15, 0.2) is 36.8 Å². The normalized spacial score (nSPS) is 18.8. The van der Waals surface area contributed by atoms with Crippen LogP contribution in [0.5, 0.6) is 0 Å². The number of halogens is 1. The van der Waals surface area contributed by atoms with Crippen molar-refractivity contribution < 1.29 is 9.53 Å².